The molecular weight excluding hydrogens is 232 g/mol. The monoisotopic (exact) mass is 256 g/mol. The maximum Gasteiger partial charge on any atom is 0.209 e. The molecular formula is C12H24N4O2. The van der Waals surface area contributed by atoms with E-state index in [9.17, 15) is 9.59 Å². The largest absolute Gasteiger partial charge is 0.347 e. The fraction of sp³-hybridized carbons (Fsp3) is 0.833. The van der Waals surface area contributed by atoms with Crippen molar-refractivity contribution in [2.24, 2.45) is 0 Å². The lowest BCUT2D eigenvalue weighted by molar-refractivity contribution is -0.118. The van der Waals surface area contributed by atoms with E-state index in [4.69, 9.17) is 0 Å². The molecule has 1 fully saturated rings. The lowest BCUT2D eigenvalue weighted by Crippen LogP contribution is -2.49. The molecule has 1 heterocycles. The zero-order valence-electron chi connectivity index (χ0n) is 11.4. The topological polar surface area (TPSA) is 47.1 Å². The minimum atomic E-state index is 0.789. The Labute approximate surface area is 109 Å². The van der Waals surface area contributed by atoms with Crippen molar-refractivity contribution in [1.82, 2.24) is 19.6 Å². The highest BCUT2D eigenvalue weighted by molar-refractivity contribution is 5.46. The third kappa shape index (κ3) is 5.46. The van der Waals surface area contributed by atoms with Crippen LogP contribution < -0.4 is 0 Å². The Morgan fingerprint density at radius 1 is 0.833 bits per heavy atom. The zero-order chi connectivity index (χ0) is 13.4. The zero-order valence-corrected chi connectivity index (χ0v) is 11.4. The van der Waals surface area contributed by atoms with Crippen molar-refractivity contribution in [1.29, 1.82) is 0 Å². The van der Waals surface area contributed by atoms with Crippen molar-refractivity contribution >= 4 is 12.8 Å². The van der Waals surface area contributed by atoms with Crippen LogP contribution in [0.25, 0.3) is 0 Å². The molecule has 0 N–H and O–H groups in total. The van der Waals surface area contributed by atoms with Gasteiger partial charge < -0.3 is 9.80 Å². The molecule has 0 spiro atoms. The molecule has 6 nitrogen and oxygen atoms in total. The minimum Gasteiger partial charge on any atom is -0.347 e. The van der Waals surface area contributed by atoms with Gasteiger partial charge in [-0.3, -0.25) is 19.4 Å². The van der Waals surface area contributed by atoms with Crippen molar-refractivity contribution < 1.29 is 9.59 Å². The summed E-state index contributed by atoms with van der Waals surface area (Å²) in [6.07, 6.45) is 1.73. The summed E-state index contributed by atoms with van der Waals surface area (Å²) in [4.78, 5) is 29.0. The normalized spacial score (nSPS) is 17.4. The van der Waals surface area contributed by atoms with Crippen molar-refractivity contribution in [3.05, 3.63) is 0 Å². The molecule has 0 atom stereocenters. The fourth-order valence-corrected chi connectivity index (χ4v) is 1.94. The highest BCUT2D eigenvalue weighted by Gasteiger charge is 2.16. The summed E-state index contributed by atoms with van der Waals surface area (Å²) in [5.41, 5.74) is 0. The number of likely N-dealkylation sites (N-methyl/N-ethyl adjacent to an activating group) is 2. The molecule has 0 aliphatic carbocycles. The molecule has 1 rings (SSSR count). The van der Waals surface area contributed by atoms with Gasteiger partial charge in [-0.15, -0.1) is 0 Å². The van der Waals surface area contributed by atoms with Crippen LogP contribution in [0.4, 0.5) is 0 Å². The molecule has 0 unspecified atom stereocenters. The molecule has 2 amide bonds. The van der Waals surface area contributed by atoms with E-state index in [1.54, 1.807) is 23.9 Å². The van der Waals surface area contributed by atoms with Gasteiger partial charge in [0.1, 0.15) is 0 Å². The molecule has 1 aliphatic rings. The Hall–Kier alpha value is -1.14. The summed E-state index contributed by atoms with van der Waals surface area (Å²) in [6.45, 7) is 7.62. The van der Waals surface area contributed by atoms with Crippen molar-refractivity contribution in [3.8, 4) is 0 Å². The molecule has 0 aromatic rings. The van der Waals surface area contributed by atoms with Crippen molar-refractivity contribution in [3.63, 3.8) is 0 Å². The molecule has 0 aromatic heterocycles. The first-order valence-electron chi connectivity index (χ1n) is 6.41. The van der Waals surface area contributed by atoms with Gasteiger partial charge in [0, 0.05) is 66.5 Å². The van der Waals surface area contributed by atoms with Crippen LogP contribution in [0, 0.1) is 0 Å². The molecule has 0 aromatic carbocycles. The smallest absolute Gasteiger partial charge is 0.209 e. The third-order valence-corrected chi connectivity index (χ3v) is 3.36. The number of hydrogen-bond acceptors (Lipinski definition) is 4. The first kappa shape index (κ1) is 14.9. The number of carbonyl (C=O) groups is 2. The Morgan fingerprint density at radius 3 is 1.44 bits per heavy atom. The number of piperazine rings is 1. The number of carbonyl (C=O) groups excluding carboxylic acids is 2. The maximum atomic E-state index is 10.5. The number of nitrogens with zero attached hydrogens (tertiary/aromatic N) is 4. The third-order valence-electron chi connectivity index (χ3n) is 3.36. The summed E-state index contributed by atoms with van der Waals surface area (Å²) < 4.78 is 0. The highest BCUT2D eigenvalue weighted by atomic mass is 16.1. The van der Waals surface area contributed by atoms with Crippen LogP contribution in [0.5, 0.6) is 0 Å². The molecule has 1 saturated heterocycles. The van der Waals surface area contributed by atoms with E-state index in [1.165, 1.54) is 0 Å². The van der Waals surface area contributed by atoms with E-state index in [0.717, 1.165) is 65.2 Å². The SMILES string of the molecule is CN(C=O)CCN1CCN(CCN(C)C=O)CC1. The van der Waals surface area contributed by atoms with Gasteiger partial charge in [0.25, 0.3) is 0 Å². The summed E-state index contributed by atoms with van der Waals surface area (Å²) in [6, 6.07) is 0. The summed E-state index contributed by atoms with van der Waals surface area (Å²) in [5.74, 6) is 0. The average molecular weight is 256 g/mol. The van der Waals surface area contributed by atoms with Gasteiger partial charge in [-0.1, -0.05) is 0 Å². The van der Waals surface area contributed by atoms with Gasteiger partial charge in [0.15, 0.2) is 0 Å². The van der Waals surface area contributed by atoms with Gasteiger partial charge in [0.2, 0.25) is 12.8 Å². The summed E-state index contributed by atoms with van der Waals surface area (Å²) in [7, 11) is 3.61. The van der Waals surface area contributed by atoms with Gasteiger partial charge in [-0.25, -0.2) is 0 Å². The number of rotatable bonds is 8. The molecule has 0 saturated carbocycles. The highest BCUT2D eigenvalue weighted by Crippen LogP contribution is 2.01. The molecule has 6 heteroatoms. The lowest BCUT2D eigenvalue weighted by Gasteiger charge is -2.35. The van der Waals surface area contributed by atoms with Crippen LogP contribution in [0.3, 0.4) is 0 Å². The minimum absolute atomic E-state index is 0.789. The second-order valence-corrected chi connectivity index (χ2v) is 4.86. The van der Waals surface area contributed by atoms with Crippen LogP contribution >= 0.6 is 0 Å². The van der Waals surface area contributed by atoms with Crippen LogP contribution in [0.15, 0.2) is 0 Å². The van der Waals surface area contributed by atoms with E-state index in [-0.39, 0.29) is 0 Å². The molecule has 0 bridgehead atoms. The Balaban J connectivity index is 2.12. The van der Waals surface area contributed by atoms with Crippen molar-refractivity contribution in [2.75, 3.05) is 66.5 Å². The number of amides is 2. The second-order valence-electron chi connectivity index (χ2n) is 4.86. The average Bonchev–Trinajstić information content (AvgIpc) is 2.43. The van der Waals surface area contributed by atoms with Crippen LogP contribution in [0.2, 0.25) is 0 Å². The summed E-state index contributed by atoms with van der Waals surface area (Å²) in [5, 5.41) is 0. The van der Waals surface area contributed by atoms with E-state index >= 15 is 0 Å². The lowest BCUT2D eigenvalue weighted by atomic mass is 10.3. The quantitative estimate of drug-likeness (QED) is 0.511. The first-order chi connectivity index (χ1) is 8.65. The predicted octanol–water partition coefficient (Wildman–Crippen LogP) is -1.22. The van der Waals surface area contributed by atoms with E-state index in [1.807, 2.05) is 0 Å². The fourth-order valence-electron chi connectivity index (χ4n) is 1.94. The predicted molar refractivity (Wildman–Crippen MR) is 70.3 cm³/mol. The molecule has 18 heavy (non-hydrogen) atoms. The standard InChI is InChI=1S/C12H24N4O2/c1-13(11-17)3-5-15-7-9-16(10-8-15)6-4-14(2)12-18/h11-12H,3-10H2,1-2H3. The van der Waals surface area contributed by atoms with Gasteiger partial charge in [-0.2, -0.15) is 0 Å². The van der Waals surface area contributed by atoms with Gasteiger partial charge >= 0.3 is 0 Å². The van der Waals surface area contributed by atoms with E-state index < -0.39 is 0 Å². The van der Waals surface area contributed by atoms with E-state index in [0.29, 0.717) is 0 Å². The van der Waals surface area contributed by atoms with Crippen molar-refractivity contribution in [2.45, 2.75) is 0 Å². The van der Waals surface area contributed by atoms with Crippen LogP contribution in [0.1, 0.15) is 0 Å². The van der Waals surface area contributed by atoms with E-state index in [2.05, 4.69) is 9.80 Å². The molecule has 0 radical (unpaired) electrons. The van der Waals surface area contributed by atoms with Gasteiger partial charge in [0.05, 0.1) is 0 Å². The molecule has 104 valence electrons. The van der Waals surface area contributed by atoms with Crippen LogP contribution in [-0.2, 0) is 9.59 Å². The Bertz CT molecular complexity index is 228. The van der Waals surface area contributed by atoms with Crippen LogP contribution in [-0.4, -0.2) is 98.9 Å². The maximum absolute atomic E-state index is 10.5. The first-order valence-corrected chi connectivity index (χ1v) is 6.41. The molecule has 1 aliphatic heterocycles. The van der Waals surface area contributed by atoms with Gasteiger partial charge in [-0.05, 0) is 0 Å². The Morgan fingerprint density at radius 2 is 1.17 bits per heavy atom. The summed E-state index contributed by atoms with van der Waals surface area (Å²) >= 11 is 0. The second kappa shape index (κ2) is 8.05. The Kier molecular flexibility index (Phi) is 6.67. The number of hydrogen-bond donors (Lipinski definition) is 0.